The second-order valence-corrected chi connectivity index (χ2v) is 9.81. The quantitative estimate of drug-likeness (QED) is 0.574. The predicted molar refractivity (Wildman–Crippen MR) is 107 cm³/mol. The Kier molecular flexibility index (Phi) is 7.12. The van der Waals surface area contributed by atoms with Crippen molar-refractivity contribution in [3.63, 3.8) is 0 Å². The van der Waals surface area contributed by atoms with Crippen LogP contribution in [0.2, 0.25) is 0 Å². The molecule has 26 heavy (non-hydrogen) atoms. The molecule has 2 rings (SSSR count). The lowest BCUT2D eigenvalue weighted by Gasteiger charge is -2.36. The Morgan fingerprint density at radius 3 is 2.54 bits per heavy atom. The number of carboxylic acid groups (broad SMARTS) is 1. The van der Waals surface area contributed by atoms with Crippen LogP contribution in [0, 0.1) is 11.3 Å². The standard InChI is InChI=1S/C16H19Br2N3O4S/c1-21(26(24,25)12-6-10(17)5-11(18)7-12)15-4-2-3-14(13(15)8-19)20-9-16(22)23/h5-8,13,15,19H,2-4,9H2,1H3,(H,22,23). The Morgan fingerprint density at radius 2 is 2.00 bits per heavy atom. The van der Waals surface area contributed by atoms with Gasteiger partial charge in [-0.2, -0.15) is 4.31 Å². The normalized spacial score (nSPS) is 22.5. The fraction of sp³-hybridized carbons (Fsp3) is 0.438. The fourth-order valence-corrected chi connectivity index (χ4v) is 6.13. The van der Waals surface area contributed by atoms with E-state index in [1.165, 1.54) is 23.5 Å². The summed E-state index contributed by atoms with van der Waals surface area (Å²) in [6.45, 7) is -0.374. The molecule has 7 nitrogen and oxygen atoms in total. The Hall–Kier alpha value is -1.10. The number of aliphatic imine (C=N–C) groups is 1. The minimum Gasteiger partial charge on any atom is -0.480 e. The lowest BCUT2D eigenvalue weighted by molar-refractivity contribution is -0.135. The van der Waals surface area contributed by atoms with E-state index >= 15 is 0 Å². The molecule has 1 saturated carbocycles. The molecule has 2 N–H and O–H groups in total. The van der Waals surface area contributed by atoms with E-state index in [1.807, 2.05) is 0 Å². The fourth-order valence-electron chi connectivity index (χ4n) is 3.05. The van der Waals surface area contributed by atoms with Crippen molar-refractivity contribution in [3.05, 3.63) is 27.1 Å². The molecule has 1 aliphatic rings. The van der Waals surface area contributed by atoms with Crippen molar-refractivity contribution < 1.29 is 18.3 Å². The maximum atomic E-state index is 13.0. The van der Waals surface area contributed by atoms with Crippen LogP contribution in [0.25, 0.3) is 0 Å². The van der Waals surface area contributed by atoms with Crippen LogP contribution in [0.15, 0.2) is 37.0 Å². The van der Waals surface area contributed by atoms with E-state index in [4.69, 9.17) is 10.5 Å². The second kappa shape index (κ2) is 8.73. The molecule has 0 heterocycles. The van der Waals surface area contributed by atoms with Crippen LogP contribution in [0.1, 0.15) is 19.3 Å². The summed E-state index contributed by atoms with van der Waals surface area (Å²) in [7, 11) is -2.29. The highest BCUT2D eigenvalue weighted by Crippen LogP contribution is 2.31. The van der Waals surface area contributed by atoms with Crippen LogP contribution in [0.5, 0.6) is 0 Å². The van der Waals surface area contributed by atoms with Gasteiger partial charge in [0.2, 0.25) is 10.0 Å². The molecule has 0 bridgehead atoms. The van der Waals surface area contributed by atoms with E-state index in [0.29, 0.717) is 33.9 Å². The van der Waals surface area contributed by atoms with E-state index < -0.39 is 28.0 Å². The highest BCUT2D eigenvalue weighted by molar-refractivity contribution is 9.11. The average molecular weight is 509 g/mol. The minimum absolute atomic E-state index is 0.138. The SMILES string of the molecule is CN(C1CCCC(=NCC(=O)O)C1C=N)S(=O)(=O)c1cc(Br)cc(Br)c1. The monoisotopic (exact) mass is 507 g/mol. The molecule has 0 amide bonds. The van der Waals surface area contributed by atoms with Gasteiger partial charge in [-0.15, -0.1) is 0 Å². The molecule has 1 aromatic carbocycles. The summed E-state index contributed by atoms with van der Waals surface area (Å²) in [4.78, 5) is 15.0. The van der Waals surface area contributed by atoms with Gasteiger partial charge in [0.1, 0.15) is 6.54 Å². The third-order valence-corrected chi connectivity index (χ3v) is 7.09. The van der Waals surface area contributed by atoms with Crippen molar-refractivity contribution >= 4 is 59.8 Å². The van der Waals surface area contributed by atoms with Crippen LogP contribution in [0.3, 0.4) is 0 Å². The average Bonchev–Trinajstić information content (AvgIpc) is 2.57. The Morgan fingerprint density at radius 1 is 1.38 bits per heavy atom. The maximum Gasteiger partial charge on any atom is 0.325 e. The number of hydrogen-bond donors (Lipinski definition) is 2. The number of nitrogens with zero attached hydrogens (tertiary/aromatic N) is 2. The number of rotatable bonds is 6. The van der Waals surface area contributed by atoms with Gasteiger partial charge >= 0.3 is 5.97 Å². The Bertz CT molecular complexity index is 822. The Balaban J connectivity index is 2.36. The van der Waals surface area contributed by atoms with Gasteiger partial charge in [0.25, 0.3) is 0 Å². The van der Waals surface area contributed by atoms with Crippen molar-refractivity contribution in [1.82, 2.24) is 4.31 Å². The summed E-state index contributed by atoms with van der Waals surface area (Å²) < 4.78 is 28.6. The van der Waals surface area contributed by atoms with Gasteiger partial charge in [-0.3, -0.25) is 9.79 Å². The molecule has 2 unspecified atom stereocenters. The number of benzene rings is 1. The molecule has 1 aromatic rings. The van der Waals surface area contributed by atoms with Crippen molar-refractivity contribution in [2.24, 2.45) is 10.9 Å². The molecular weight excluding hydrogens is 490 g/mol. The number of nitrogens with one attached hydrogen (secondary N) is 1. The molecule has 1 aliphatic carbocycles. The minimum atomic E-state index is -3.78. The first-order chi connectivity index (χ1) is 12.2. The molecule has 2 atom stereocenters. The molecule has 0 aliphatic heterocycles. The van der Waals surface area contributed by atoms with E-state index in [9.17, 15) is 13.2 Å². The summed E-state index contributed by atoms with van der Waals surface area (Å²) in [5.74, 6) is -1.58. The number of carbonyl (C=O) groups is 1. The number of sulfonamides is 1. The molecule has 0 radical (unpaired) electrons. The third-order valence-electron chi connectivity index (χ3n) is 4.31. The van der Waals surface area contributed by atoms with Gasteiger partial charge in [0.15, 0.2) is 0 Å². The topological polar surface area (TPSA) is 111 Å². The maximum absolute atomic E-state index is 13.0. The highest BCUT2D eigenvalue weighted by atomic mass is 79.9. The zero-order valence-electron chi connectivity index (χ0n) is 14.0. The largest absolute Gasteiger partial charge is 0.480 e. The molecule has 0 saturated heterocycles. The third kappa shape index (κ3) is 4.79. The van der Waals surface area contributed by atoms with Gasteiger partial charge in [-0.25, -0.2) is 8.42 Å². The number of carboxylic acids is 1. The lowest BCUT2D eigenvalue weighted by Crippen LogP contribution is -2.47. The van der Waals surface area contributed by atoms with Gasteiger partial charge in [-0.05, 0) is 37.5 Å². The van der Waals surface area contributed by atoms with E-state index in [1.54, 1.807) is 6.07 Å². The zero-order valence-corrected chi connectivity index (χ0v) is 18.0. The lowest BCUT2D eigenvalue weighted by atomic mass is 9.83. The van der Waals surface area contributed by atoms with Gasteiger partial charge < -0.3 is 10.5 Å². The van der Waals surface area contributed by atoms with Gasteiger partial charge in [0.05, 0.1) is 4.90 Å². The molecule has 142 valence electrons. The predicted octanol–water partition coefficient (Wildman–Crippen LogP) is 3.18. The highest BCUT2D eigenvalue weighted by Gasteiger charge is 2.37. The van der Waals surface area contributed by atoms with Crippen LogP contribution in [-0.4, -0.2) is 55.4 Å². The molecule has 0 spiro atoms. The first kappa shape index (κ1) is 21.2. The summed E-state index contributed by atoms with van der Waals surface area (Å²) in [5, 5.41) is 16.6. The molecule has 0 aromatic heterocycles. The van der Waals surface area contributed by atoms with Crippen molar-refractivity contribution in [2.75, 3.05) is 13.6 Å². The summed E-state index contributed by atoms with van der Waals surface area (Å²) in [6, 6.07) is 4.32. The van der Waals surface area contributed by atoms with Gasteiger partial charge in [0, 0.05) is 39.9 Å². The molecule has 10 heteroatoms. The first-order valence-electron chi connectivity index (χ1n) is 7.86. The summed E-state index contributed by atoms with van der Waals surface area (Å²) in [6.07, 6.45) is 3.00. The van der Waals surface area contributed by atoms with Crippen molar-refractivity contribution in [3.8, 4) is 0 Å². The van der Waals surface area contributed by atoms with E-state index in [0.717, 1.165) is 6.21 Å². The molecule has 1 fully saturated rings. The molecular formula is C16H19Br2N3O4S. The Labute approximate surface area is 169 Å². The van der Waals surface area contributed by atoms with Crippen molar-refractivity contribution in [2.45, 2.75) is 30.2 Å². The van der Waals surface area contributed by atoms with Crippen LogP contribution in [-0.2, 0) is 14.8 Å². The van der Waals surface area contributed by atoms with Gasteiger partial charge in [-0.1, -0.05) is 31.9 Å². The van der Waals surface area contributed by atoms with E-state index in [2.05, 4.69) is 36.9 Å². The van der Waals surface area contributed by atoms with Crippen LogP contribution in [0.4, 0.5) is 0 Å². The van der Waals surface area contributed by atoms with Crippen LogP contribution >= 0.6 is 31.9 Å². The number of aliphatic carboxylic acids is 1. The number of hydrogen-bond acceptors (Lipinski definition) is 5. The summed E-state index contributed by atoms with van der Waals surface area (Å²) >= 11 is 6.59. The van der Waals surface area contributed by atoms with E-state index in [-0.39, 0.29) is 11.4 Å². The zero-order chi connectivity index (χ0) is 19.5. The second-order valence-electron chi connectivity index (χ2n) is 5.98. The van der Waals surface area contributed by atoms with Crippen molar-refractivity contribution in [1.29, 1.82) is 5.41 Å². The summed E-state index contributed by atoms with van der Waals surface area (Å²) in [5.41, 5.74) is 0.566. The first-order valence-corrected chi connectivity index (χ1v) is 10.9. The van der Waals surface area contributed by atoms with Crippen LogP contribution < -0.4 is 0 Å². The number of halogens is 2. The smallest absolute Gasteiger partial charge is 0.325 e.